The van der Waals surface area contributed by atoms with Crippen molar-refractivity contribution in [2.45, 2.75) is 53.5 Å². The van der Waals surface area contributed by atoms with Gasteiger partial charge in [-0.15, -0.1) is 0 Å². The molecule has 4 heteroatoms. The molecule has 1 aliphatic heterocycles. The van der Waals surface area contributed by atoms with Crippen LogP contribution < -0.4 is 10.2 Å². The lowest BCUT2D eigenvalue weighted by Crippen LogP contribution is -2.21. The van der Waals surface area contributed by atoms with E-state index in [1.165, 1.54) is 11.3 Å². The van der Waals surface area contributed by atoms with Crippen molar-refractivity contribution in [1.82, 2.24) is 4.98 Å². The van der Waals surface area contributed by atoms with Gasteiger partial charge in [-0.05, 0) is 29.5 Å². The van der Waals surface area contributed by atoms with Crippen molar-refractivity contribution in [3.63, 3.8) is 0 Å². The van der Waals surface area contributed by atoms with E-state index in [1.54, 1.807) is 0 Å². The zero-order chi connectivity index (χ0) is 18.9. The van der Waals surface area contributed by atoms with Crippen LogP contribution in [0.4, 0.5) is 11.5 Å². The van der Waals surface area contributed by atoms with Crippen LogP contribution in [0, 0.1) is 12.3 Å². The number of fused-ring (bicyclic) bond motifs is 1. The lowest BCUT2D eigenvalue weighted by molar-refractivity contribution is -0.117. The molecule has 138 valence electrons. The summed E-state index contributed by atoms with van der Waals surface area (Å²) in [5, 5.41) is 3.01. The maximum atomic E-state index is 12.3. The molecule has 1 aromatic carbocycles. The molecule has 4 nitrogen and oxygen atoms in total. The second-order valence-electron chi connectivity index (χ2n) is 8.61. The van der Waals surface area contributed by atoms with Crippen molar-refractivity contribution >= 4 is 17.4 Å². The van der Waals surface area contributed by atoms with E-state index in [-0.39, 0.29) is 11.3 Å². The minimum absolute atomic E-state index is 0.0276. The Morgan fingerprint density at radius 1 is 1.27 bits per heavy atom. The Balaban J connectivity index is 1.81. The summed E-state index contributed by atoms with van der Waals surface area (Å²) in [5.41, 5.74) is 4.55. The number of carbonyl (C=O) groups excluding carboxylic acids is 1. The van der Waals surface area contributed by atoms with Crippen LogP contribution in [-0.4, -0.2) is 17.4 Å². The van der Waals surface area contributed by atoms with Crippen molar-refractivity contribution in [2.24, 2.45) is 5.41 Å². The van der Waals surface area contributed by atoms with E-state index in [0.717, 1.165) is 24.3 Å². The molecule has 0 bridgehead atoms. The van der Waals surface area contributed by atoms with Gasteiger partial charge in [0.1, 0.15) is 5.82 Å². The molecule has 26 heavy (non-hydrogen) atoms. The lowest BCUT2D eigenvalue weighted by Gasteiger charge is -2.21. The van der Waals surface area contributed by atoms with Gasteiger partial charge in [-0.2, -0.15) is 0 Å². The highest BCUT2D eigenvalue weighted by Crippen LogP contribution is 2.38. The van der Waals surface area contributed by atoms with Crippen molar-refractivity contribution in [3.8, 4) is 0 Å². The molecule has 0 radical (unpaired) electrons. The van der Waals surface area contributed by atoms with Crippen LogP contribution in [0.3, 0.4) is 0 Å². The van der Waals surface area contributed by atoms with E-state index in [2.05, 4.69) is 68.2 Å². The van der Waals surface area contributed by atoms with E-state index in [9.17, 15) is 4.79 Å². The van der Waals surface area contributed by atoms with E-state index >= 15 is 0 Å². The molecule has 2 aromatic rings. The molecule has 2 heterocycles. The number of amides is 1. The molecule has 0 spiro atoms. The number of carbonyl (C=O) groups is 1. The Hall–Kier alpha value is -2.36. The fourth-order valence-corrected chi connectivity index (χ4v) is 3.48. The summed E-state index contributed by atoms with van der Waals surface area (Å²) in [6.07, 6.45) is 0.487. The number of benzene rings is 1. The molecule has 1 atom stereocenters. The van der Waals surface area contributed by atoms with Gasteiger partial charge < -0.3 is 10.2 Å². The SMILES string of the molecule is Cc1cc2c(nc1NC(=O)CC(C)(C)C)C(C)CN2Cc1ccccc1. The van der Waals surface area contributed by atoms with Gasteiger partial charge in [0.05, 0.1) is 11.4 Å². The normalized spacial score (nSPS) is 16.5. The number of aromatic nitrogens is 1. The summed E-state index contributed by atoms with van der Waals surface area (Å²) in [5.74, 6) is 1.08. The summed E-state index contributed by atoms with van der Waals surface area (Å²) >= 11 is 0. The Morgan fingerprint density at radius 3 is 2.62 bits per heavy atom. The first-order valence-corrected chi connectivity index (χ1v) is 9.33. The van der Waals surface area contributed by atoms with Gasteiger partial charge in [-0.1, -0.05) is 58.0 Å². The maximum Gasteiger partial charge on any atom is 0.226 e. The van der Waals surface area contributed by atoms with Gasteiger partial charge in [-0.25, -0.2) is 4.98 Å². The Labute approximate surface area is 156 Å². The number of hydrogen-bond acceptors (Lipinski definition) is 3. The van der Waals surface area contributed by atoms with Gasteiger partial charge in [0, 0.05) is 25.4 Å². The number of hydrogen-bond donors (Lipinski definition) is 1. The predicted molar refractivity (Wildman–Crippen MR) is 108 cm³/mol. The molecular weight excluding hydrogens is 322 g/mol. The Kier molecular flexibility index (Phi) is 5.03. The van der Waals surface area contributed by atoms with Crippen molar-refractivity contribution in [2.75, 3.05) is 16.8 Å². The van der Waals surface area contributed by atoms with Crippen molar-refractivity contribution < 1.29 is 4.79 Å². The summed E-state index contributed by atoms with van der Waals surface area (Å²) < 4.78 is 0. The Bertz CT molecular complexity index is 793. The van der Waals surface area contributed by atoms with Gasteiger partial charge in [0.2, 0.25) is 5.91 Å². The molecule has 0 fully saturated rings. The fraction of sp³-hybridized carbons (Fsp3) is 0.455. The molecule has 0 saturated heterocycles. The topological polar surface area (TPSA) is 45.2 Å². The number of nitrogens with zero attached hydrogens (tertiary/aromatic N) is 2. The second kappa shape index (κ2) is 7.10. The molecule has 1 N–H and O–H groups in total. The first-order valence-electron chi connectivity index (χ1n) is 9.33. The maximum absolute atomic E-state index is 12.3. The van der Waals surface area contributed by atoms with Crippen LogP contribution in [0.25, 0.3) is 0 Å². The summed E-state index contributed by atoms with van der Waals surface area (Å²) in [6.45, 7) is 12.3. The number of nitrogens with one attached hydrogen (secondary N) is 1. The average Bonchev–Trinajstić information content (AvgIpc) is 2.82. The number of aryl methyl sites for hydroxylation is 1. The quantitative estimate of drug-likeness (QED) is 0.853. The number of rotatable bonds is 4. The monoisotopic (exact) mass is 351 g/mol. The molecule has 1 aliphatic rings. The third-order valence-corrected chi connectivity index (χ3v) is 4.69. The molecule has 1 unspecified atom stereocenters. The fourth-order valence-electron chi connectivity index (χ4n) is 3.48. The Morgan fingerprint density at radius 2 is 1.96 bits per heavy atom. The summed E-state index contributed by atoms with van der Waals surface area (Å²) in [7, 11) is 0. The molecule has 1 amide bonds. The molecule has 0 saturated carbocycles. The number of anilines is 2. The predicted octanol–water partition coefficient (Wildman–Crippen LogP) is 4.89. The van der Waals surface area contributed by atoms with Crippen LogP contribution >= 0.6 is 0 Å². The van der Waals surface area contributed by atoms with Crippen molar-refractivity contribution in [1.29, 1.82) is 0 Å². The van der Waals surface area contributed by atoms with E-state index in [4.69, 9.17) is 4.98 Å². The highest BCUT2D eigenvalue weighted by atomic mass is 16.1. The third-order valence-electron chi connectivity index (χ3n) is 4.69. The van der Waals surface area contributed by atoms with Crippen LogP contribution in [0.1, 0.15) is 56.9 Å². The van der Waals surface area contributed by atoms with E-state index in [1.807, 2.05) is 13.0 Å². The first kappa shape index (κ1) is 18.4. The average molecular weight is 351 g/mol. The van der Waals surface area contributed by atoms with Crippen LogP contribution in [0.2, 0.25) is 0 Å². The molecule has 3 rings (SSSR count). The van der Waals surface area contributed by atoms with Crippen LogP contribution in [0.15, 0.2) is 36.4 Å². The zero-order valence-electron chi connectivity index (χ0n) is 16.5. The van der Waals surface area contributed by atoms with Crippen LogP contribution in [0.5, 0.6) is 0 Å². The van der Waals surface area contributed by atoms with Crippen LogP contribution in [-0.2, 0) is 11.3 Å². The highest BCUT2D eigenvalue weighted by Gasteiger charge is 2.28. The summed E-state index contributed by atoms with van der Waals surface area (Å²) in [4.78, 5) is 19.5. The zero-order valence-corrected chi connectivity index (χ0v) is 16.5. The van der Waals surface area contributed by atoms with Gasteiger partial charge in [0.25, 0.3) is 0 Å². The van der Waals surface area contributed by atoms with Crippen molar-refractivity contribution in [3.05, 3.63) is 53.2 Å². The smallest absolute Gasteiger partial charge is 0.226 e. The largest absolute Gasteiger partial charge is 0.365 e. The number of pyridine rings is 1. The highest BCUT2D eigenvalue weighted by molar-refractivity contribution is 5.91. The van der Waals surface area contributed by atoms with Gasteiger partial charge in [0.15, 0.2) is 0 Å². The molecule has 1 aromatic heterocycles. The first-order chi connectivity index (χ1) is 12.2. The standard InChI is InChI=1S/C22H29N3O/c1-15-11-18-20(24-21(15)23-19(26)12-22(3,4)5)16(2)13-25(18)14-17-9-7-6-8-10-17/h6-11,16H,12-14H2,1-5H3,(H,23,24,26). The third kappa shape index (κ3) is 4.24. The minimum Gasteiger partial charge on any atom is -0.365 e. The molecule has 0 aliphatic carbocycles. The minimum atomic E-state index is -0.0332. The van der Waals surface area contributed by atoms with Gasteiger partial charge >= 0.3 is 0 Å². The van der Waals surface area contributed by atoms with E-state index < -0.39 is 0 Å². The molecular formula is C22H29N3O. The second-order valence-corrected chi connectivity index (χ2v) is 8.61. The van der Waals surface area contributed by atoms with E-state index in [0.29, 0.717) is 18.2 Å². The summed E-state index contributed by atoms with van der Waals surface area (Å²) in [6, 6.07) is 12.7. The van der Waals surface area contributed by atoms with Gasteiger partial charge in [-0.3, -0.25) is 4.79 Å². The lowest BCUT2D eigenvalue weighted by atomic mass is 9.92.